The fourth-order valence-corrected chi connectivity index (χ4v) is 1.99. The van der Waals surface area contributed by atoms with Gasteiger partial charge in [-0.05, 0) is 24.6 Å². The number of aromatic nitrogens is 1. The average molecular weight is 308 g/mol. The normalized spacial score (nSPS) is 10.2. The molecule has 1 N–H and O–H groups in total. The minimum absolute atomic E-state index is 0.0785. The lowest BCUT2D eigenvalue weighted by molar-refractivity contribution is -0.384. The van der Waals surface area contributed by atoms with Crippen LogP contribution in [0.25, 0.3) is 0 Å². The monoisotopic (exact) mass is 307 g/mol. The molecule has 0 fully saturated rings. The predicted octanol–water partition coefficient (Wildman–Crippen LogP) is 3.65. The van der Waals surface area contributed by atoms with Crippen molar-refractivity contribution in [3.05, 3.63) is 57.2 Å². The number of ether oxygens (including phenoxy) is 1. The van der Waals surface area contributed by atoms with Crippen LogP contribution in [0.5, 0.6) is 5.75 Å². The first-order valence-electron chi connectivity index (χ1n) is 6.36. The fraction of sp³-hybridized carbons (Fsp3) is 0.214. The molecule has 2 rings (SSSR count). The Morgan fingerprint density at radius 1 is 1.38 bits per heavy atom. The third kappa shape index (κ3) is 4.32. The molecule has 0 aliphatic heterocycles. The summed E-state index contributed by atoms with van der Waals surface area (Å²) < 4.78 is 5.41. The van der Waals surface area contributed by atoms with Crippen LogP contribution in [-0.2, 0) is 6.54 Å². The first-order chi connectivity index (χ1) is 10.1. The summed E-state index contributed by atoms with van der Waals surface area (Å²) in [6.45, 7) is 2.98. The van der Waals surface area contributed by atoms with Gasteiger partial charge in [-0.3, -0.25) is 10.1 Å². The molecule has 6 nitrogen and oxygen atoms in total. The van der Waals surface area contributed by atoms with Gasteiger partial charge in [0.15, 0.2) is 0 Å². The molecule has 0 saturated carbocycles. The molecule has 0 bridgehead atoms. The number of nitrogens with one attached hydrogen (secondary N) is 1. The second kappa shape index (κ2) is 6.90. The topological polar surface area (TPSA) is 77.3 Å². The molecule has 1 heterocycles. The zero-order valence-corrected chi connectivity index (χ0v) is 12.1. The van der Waals surface area contributed by atoms with Gasteiger partial charge in [-0.2, -0.15) is 0 Å². The highest BCUT2D eigenvalue weighted by Gasteiger charge is 2.10. The second-order valence-electron chi connectivity index (χ2n) is 4.22. The number of hydrogen-bond acceptors (Lipinski definition) is 5. The van der Waals surface area contributed by atoms with E-state index < -0.39 is 4.92 Å². The van der Waals surface area contributed by atoms with Crippen LogP contribution in [-0.4, -0.2) is 16.5 Å². The minimum atomic E-state index is -0.506. The van der Waals surface area contributed by atoms with Gasteiger partial charge in [0.05, 0.1) is 23.7 Å². The van der Waals surface area contributed by atoms with Crippen molar-refractivity contribution in [3.8, 4) is 5.75 Å². The Hall–Kier alpha value is -2.34. The van der Waals surface area contributed by atoms with Crippen LogP contribution in [0, 0.1) is 10.1 Å². The van der Waals surface area contributed by atoms with Gasteiger partial charge in [0.25, 0.3) is 5.69 Å². The highest BCUT2D eigenvalue weighted by Crippen LogP contribution is 2.21. The fourth-order valence-electron chi connectivity index (χ4n) is 1.78. The maximum atomic E-state index is 10.8. The minimum Gasteiger partial charge on any atom is -0.494 e. The van der Waals surface area contributed by atoms with E-state index in [2.05, 4.69) is 10.3 Å². The number of halogens is 1. The number of pyridine rings is 1. The van der Waals surface area contributed by atoms with Gasteiger partial charge in [0.1, 0.15) is 16.7 Å². The van der Waals surface area contributed by atoms with Crippen LogP contribution in [0.3, 0.4) is 0 Å². The van der Waals surface area contributed by atoms with Gasteiger partial charge in [-0.25, -0.2) is 4.98 Å². The number of nitro groups is 1. The van der Waals surface area contributed by atoms with Gasteiger partial charge < -0.3 is 10.1 Å². The average Bonchev–Trinajstić information content (AvgIpc) is 2.45. The Morgan fingerprint density at radius 2 is 2.19 bits per heavy atom. The molecule has 2 aromatic rings. The molecule has 0 amide bonds. The molecule has 0 radical (unpaired) electrons. The highest BCUT2D eigenvalue weighted by molar-refractivity contribution is 6.29. The first kappa shape index (κ1) is 15.1. The van der Waals surface area contributed by atoms with Crippen LogP contribution < -0.4 is 10.1 Å². The van der Waals surface area contributed by atoms with E-state index in [0.717, 1.165) is 11.3 Å². The van der Waals surface area contributed by atoms with Crippen molar-refractivity contribution in [2.75, 3.05) is 11.9 Å². The van der Waals surface area contributed by atoms with Crippen LogP contribution in [0.4, 0.5) is 11.5 Å². The van der Waals surface area contributed by atoms with Crippen molar-refractivity contribution in [2.24, 2.45) is 0 Å². The van der Waals surface area contributed by atoms with E-state index >= 15 is 0 Å². The van der Waals surface area contributed by atoms with Gasteiger partial charge in [-0.1, -0.05) is 23.7 Å². The van der Waals surface area contributed by atoms with Crippen molar-refractivity contribution in [3.63, 3.8) is 0 Å². The van der Waals surface area contributed by atoms with Gasteiger partial charge in [-0.15, -0.1) is 0 Å². The summed E-state index contributed by atoms with van der Waals surface area (Å²) in [5, 5.41) is 13.9. The molecular formula is C14H14ClN3O3. The van der Waals surface area contributed by atoms with Gasteiger partial charge in [0, 0.05) is 6.54 Å². The van der Waals surface area contributed by atoms with Crippen molar-refractivity contribution >= 4 is 23.1 Å². The van der Waals surface area contributed by atoms with Gasteiger partial charge in [0.2, 0.25) is 0 Å². The summed E-state index contributed by atoms with van der Waals surface area (Å²) in [6, 6.07) is 10.1. The molecule has 0 spiro atoms. The molecule has 0 atom stereocenters. The van der Waals surface area contributed by atoms with E-state index in [4.69, 9.17) is 16.3 Å². The number of nitrogens with zero attached hydrogens (tertiary/aromatic N) is 2. The summed E-state index contributed by atoms with van der Waals surface area (Å²) in [7, 11) is 0. The molecule has 110 valence electrons. The van der Waals surface area contributed by atoms with Crippen molar-refractivity contribution in [2.45, 2.75) is 13.5 Å². The van der Waals surface area contributed by atoms with Crippen LogP contribution in [0.1, 0.15) is 12.5 Å². The highest BCUT2D eigenvalue weighted by atomic mass is 35.5. The van der Waals surface area contributed by atoms with E-state index in [0.29, 0.717) is 19.0 Å². The van der Waals surface area contributed by atoms with E-state index in [1.165, 1.54) is 12.1 Å². The SMILES string of the molecule is CCOc1cccc(CNc2cc([N+](=O)[O-])cc(Cl)n2)c1. The number of rotatable bonds is 6. The lowest BCUT2D eigenvalue weighted by atomic mass is 10.2. The molecule has 0 aliphatic rings. The summed E-state index contributed by atoms with van der Waals surface area (Å²) >= 11 is 5.77. The van der Waals surface area contributed by atoms with Crippen molar-refractivity contribution in [1.29, 1.82) is 0 Å². The third-order valence-corrected chi connectivity index (χ3v) is 2.87. The lowest BCUT2D eigenvalue weighted by Crippen LogP contribution is -2.03. The number of anilines is 1. The molecule has 1 aromatic heterocycles. The van der Waals surface area contributed by atoms with Crippen LogP contribution in [0.15, 0.2) is 36.4 Å². The second-order valence-corrected chi connectivity index (χ2v) is 4.61. The Labute approximate surface area is 126 Å². The zero-order chi connectivity index (χ0) is 15.2. The van der Waals surface area contributed by atoms with E-state index in [-0.39, 0.29) is 10.8 Å². The van der Waals surface area contributed by atoms with E-state index in [9.17, 15) is 10.1 Å². The third-order valence-electron chi connectivity index (χ3n) is 2.67. The zero-order valence-electron chi connectivity index (χ0n) is 11.4. The summed E-state index contributed by atoms with van der Waals surface area (Å²) in [4.78, 5) is 14.3. The lowest BCUT2D eigenvalue weighted by Gasteiger charge is -2.08. The summed E-state index contributed by atoms with van der Waals surface area (Å²) in [5.41, 5.74) is 0.881. The van der Waals surface area contributed by atoms with E-state index in [1.807, 2.05) is 31.2 Å². The molecule has 0 saturated heterocycles. The largest absolute Gasteiger partial charge is 0.494 e. The van der Waals surface area contributed by atoms with Crippen LogP contribution >= 0.6 is 11.6 Å². The number of benzene rings is 1. The number of hydrogen-bond donors (Lipinski definition) is 1. The van der Waals surface area contributed by atoms with Crippen molar-refractivity contribution < 1.29 is 9.66 Å². The molecule has 7 heteroatoms. The predicted molar refractivity (Wildman–Crippen MR) is 80.8 cm³/mol. The maximum Gasteiger partial charge on any atom is 0.276 e. The smallest absolute Gasteiger partial charge is 0.276 e. The Kier molecular flexibility index (Phi) is 4.94. The first-order valence-corrected chi connectivity index (χ1v) is 6.74. The quantitative estimate of drug-likeness (QED) is 0.500. The Bertz CT molecular complexity index is 649. The summed E-state index contributed by atoms with van der Waals surface area (Å²) in [6.07, 6.45) is 0. The molecule has 0 unspecified atom stereocenters. The van der Waals surface area contributed by atoms with Crippen molar-refractivity contribution in [1.82, 2.24) is 4.98 Å². The van der Waals surface area contributed by atoms with Crippen LogP contribution in [0.2, 0.25) is 5.15 Å². The molecule has 21 heavy (non-hydrogen) atoms. The standard InChI is InChI=1S/C14H14ClN3O3/c1-2-21-12-5-3-4-10(6-12)9-16-14-8-11(18(19)20)7-13(15)17-14/h3-8H,2,9H2,1H3,(H,16,17). The summed E-state index contributed by atoms with van der Waals surface area (Å²) in [5.74, 6) is 1.14. The maximum absolute atomic E-state index is 10.8. The Morgan fingerprint density at radius 3 is 2.90 bits per heavy atom. The Balaban J connectivity index is 2.09. The molecule has 0 aliphatic carbocycles. The van der Waals surface area contributed by atoms with E-state index in [1.54, 1.807) is 0 Å². The molecular weight excluding hydrogens is 294 g/mol. The molecule has 1 aromatic carbocycles. The van der Waals surface area contributed by atoms with Gasteiger partial charge >= 0.3 is 0 Å².